The molecule has 7 nitrogen and oxygen atoms in total. The summed E-state index contributed by atoms with van der Waals surface area (Å²) < 4.78 is 0. The zero-order chi connectivity index (χ0) is 21.6. The average molecular weight is 452 g/mol. The molecule has 0 spiro atoms. The molecule has 0 radical (unpaired) electrons. The van der Waals surface area contributed by atoms with Gasteiger partial charge in [-0.1, -0.05) is 30.3 Å². The molecular formula is C21H29N3O4S2. The van der Waals surface area contributed by atoms with E-state index in [4.69, 9.17) is 0 Å². The molecule has 1 aromatic carbocycles. The Bertz CT molecular complexity index is 748. The summed E-state index contributed by atoms with van der Waals surface area (Å²) in [6.07, 6.45) is 3.24. The Morgan fingerprint density at radius 1 is 1.30 bits per heavy atom. The molecule has 0 aromatic heterocycles. The van der Waals surface area contributed by atoms with E-state index in [9.17, 15) is 19.5 Å². The van der Waals surface area contributed by atoms with Crippen LogP contribution in [0, 0.1) is 0 Å². The van der Waals surface area contributed by atoms with Gasteiger partial charge in [0.25, 0.3) is 0 Å². The third-order valence-corrected chi connectivity index (χ3v) is 7.50. The van der Waals surface area contributed by atoms with Gasteiger partial charge >= 0.3 is 5.97 Å². The molecular weight excluding hydrogens is 422 g/mol. The van der Waals surface area contributed by atoms with Gasteiger partial charge in [-0.2, -0.15) is 11.8 Å². The monoisotopic (exact) mass is 451 g/mol. The standard InChI is InChI=1S/C21H29N3O4S2/c1-29-12-7-16(19(26)27)23-20(28)21(15-5-3-2-4-6-15)8-10-24(11-9-21)18(25)17-13-30-14-22-17/h2-6,16-17,22H,7-14H2,1H3,(H,23,28)(H,26,27)/t16-,17-/m0/s1. The quantitative estimate of drug-likeness (QED) is 0.551. The summed E-state index contributed by atoms with van der Waals surface area (Å²) in [5.74, 6) is 1.03. The predicted octanol–water partition coefficient (Wildman–Crippen LogP) is 1.53. The van der Waals surface area contributed by atoms with Gasteiger partial charge in [0, 0.05) is 24.7 Å². The number of amides is 2. The lowest BCUT2D eigenvalue weighted by atomic mass is 9.71. The van der Waals surface area contributed by atoms with E-state index >= 15 is 0 Å². The van der Waals surface area contributed by atoms with E-state index in [1.54, 1.807) is 23.5 Å². The van der Waals surface area contributed by atoms with Crippen molar-refractivity contribution in [3.63, 3.8) is 0 Å². The first-order chi connectivity index (χ1) is 14.5. The van der Waals surface area contributed by atoms with Crippen molar-refractivity contribution in [3.05, 3.63) is 35.9 Å². The van der Waals surface area contributed by atoms with Crippen molar-refractivity contribution in [2.24, 2.45) is 0 Å². The Kier molecular flexibility index (Phi) is 8.07. The van der Waals surface area contributed by atoms with Gasteiger partial charge in [-0.15, -0.1) is 11.8 Å². The Hall–Kier alpha value is -1.71. The molecule has 0 saturated carbocycles. The van der Waals surface area contributed by atoms with Crippen LogP contribution in [-0.2, 0) is 19.8 Å². The predicted molar refractivity (Wildman–Crippen MR) is 121 cm³/mol. The van der Waals surface area contributed by atoms with Crippen molar-refractivity contribution in [2.75, 3.05) is 36.7 Å². The minimum atomic E-state index is -1.02. The molecule has 2 fully saturated rings. The number of carbonyl (C=O) groups is 3. The summed E-state index contributed by atoms with van der Waals surface area (Å²) in [4.78, 5) is 39.7. The minimum absolute atomic E-state index is 0.0884. The van der Waals surface area contributed by atoms with Crippen LogP contribution >= 0.6 is 23.5 Å². The van der Waals surface area contributed by atoms with Crippen molar-refractivity contribution >= 4 is 41.3 Å². The Labute approximate surface area is 185 Å². The number of benzene rings is 1. The number of nitrogens with zero attached hydrogens (tertiary/aromatic N) is 1. The lowest BCUT2D eigenvalue weighted by Crippen LogP contribution is -2.57. The minimum Gasteiger partial charge on any atom is -0.480 e. The van der Waals surface area contributed by atoms with Crippen LogP contribution in [0.5, 0.6) is 0 Å². The van der Waals surface area contributed by atoms with Crippen LogP contribution in [-0.4, -0.2) is 76.6 Å². The summed E-state index contributed by atoms with van der Waals surface area (Å²) in [5.41, 5.74) is 0.0429. The first-order valence-electron chi connectivity index (χ1n) is 10.2. The zero-order valence-corrected chi connectivity index (χ0v) is 18.8. The summed E-state index contributed by atoms with van der Waals surface area (Å²) in [6, 6.07) is 8.46. The normalized spacial score (nSPS) is 21.8. The summed E-state index contributed by atoms with van der Waals surface area (Å²) in [7, 11) is 0. The lowest BCUT2D eigenvalue weighted by Gasteiger charge is -2.42. The maximum atomic E-state index is 13.4. The number of rotatable bonds is 8. The maximum absolute atomic E-state index is 13.4. The van der Waals surface area contributed by atoms with Gasteiger partial charge in [-0.25, -0.2) is 4.79 Å². The topological polar surface area (TPSA) is 98.7 Å². The van der Waals surface area contributed by atoms with Crippen LogP contribution in [0.25, 0.3) is 0 Å². The third-order valence-electron chi connectivity index (χ3n) is 5.92. The molecule has 0 unspecified atom stereocenters. The van der Waals surface area contributed by atoms with Crippen LogP contribution < -0.4 is 10.6 Å². The van der Waals surface area contributed by atoms with Crippen LogP contribution in [0.4, 0.5) is 0 Å². The second-order valence-corrected chi connectivity index (χ2v) is 9.71. The largest absolute Gasteiger partial charge is 0.480 e. The van der Waals surface area contributed by atoms with Gasteiger partial charge in [0.1, 0.15) is 6.04 Å². The highest BCUT2D eigenvalue weighted by atomic mass is 32.2. The molecule has 2 aliphatic heterocycles. The highest BCUT2D eigenvalue weighted by Gasteiger charge is 2.45. The number of thioether (sulfide) groups is 2. The first kappa shape index (κ1) is 23.0. The molecule has 2 saturated heterocycles. The molecule has 3 N–H and O–H groups in total. The number of hydrogen-bond donors (Lipinski definition) is 3. The molecule has 30 heavy (non-hydrogen) atoms. The number of aliphatic carboxylic acids is 1. The van der Waals surface area contributed by atoms with Crippen LogP contribution in [0.3, 0.4) is 0 Å². The number of likely N-dealkylation sites (tertiary alicyclic amines) is 1. The van der Waals surface area contributed by atoms with E-state index in [-0.39, 0.29) is 17.9 Å². The molecule has 0 bridgehead atoms. The van der Waals surface area contributed by atoms with Crippen LogP contribution in [0.1, 0.15) is 24.8 Å². The molecule has 2 atom stereocenters. The van der Waals surface area contributed by atoms with Crippen molar-refractivity contribution in [1.29, 1.82) is 0 Å². The number of piperidine rings is 1. The molecule has 9 heteroatoms. The number of carboxylic acid groups (broad SMARTS) is 1. The third kappa shape index (κ3) is 5.12. The van der Waals surface area contributed by atoms with E-state index in [0.29, 0.717) is 38.1 Å². The van der Waals surface area contributed by atoms with Crippen LogP contribution in [0.2, 0.25) is 0 Å². The van der Waals surface area contributed by atoms with Gasteiger partial charge in [-0.3, -0.25) is 14.9 Å². The second kappa shape index (κ2) is 10.5. The number of nitrogens with one attached hydrogen (secondary N) is 2. The van der Waals surface area contributed by atoms with Crippen LogP contribution in [0.15, 0.2) is 30.3 Å². The number of carbonyl (C=O) groups excluding carboxylic acids is 2. The van der Waals surface area contributed by atoms with Gasteiger partial charge < -0.3 is 15.3 Å². The smallest absolute Gasteiger partial charge is 0.326 e. The number of hydrogen-bond acceptors (Lipinski definition) is 6. The molecule has 164 valence electrons. The summed E-state index contributed by atoms with van der Waals surface area (Å²) >= 11 is 3.27. The van der Waals surface area contributed by atoms with Crippen molar-refractivity contribution in [1.82, 2.24) is 15.5 Å². The molecule has 3 rings (SSSR count). The van der Waals surface area contributed by atoms with Gasteiger partial charge in [0.15, 0.2) is 0 Å². The fourth-order valence-electron chi connectivity index (χ4n) is 4.08. The first-order valence-corrected chi connectivity index (χ1v) is 12.7. The Morgan fingerprint density at radius 3 is 2.57 bits per heavy atom. The molecule has 2 heterocycles. The number of carboxylic acids is 1. The van der Waals surface area contributed by atoms with Crippen molar-refractivity contribution in [3.8, 4) is 0 Å². The van der Waals surface area contributed by atoms with E-state index in [1.165, 1.54) is 0 Å². The molecule has 1 aromatic rings. The van der Waals surface area contributed by atoms with Crippen molar-refractivity contribution in [2.45, 2.75) is 36.8 Å². The Balaban J connectivity index is 1.77. The van der Waals surface area contributed by atoms with E-state index in [2.05, 4.69) is 10.6 Å². The zero-order valence-electron chi connectivity index (χ0n) is 17.1. The van der Waals surface area contributed by atoms with E-state index in [0.717, 1.165) is 17.2 Å². The molecule has 0 aliphatic carbocycles. The van der Waals surface area contributed by atoms with Crippen molar-refractivity contribution < 1.29 is 19.5 Å². The van der Waals surface area contributed by atoms with Gasteiger partial charge in [-0.05, 0) is 36.8 Å². The molecule has 2 amide bonds. The van der Waals surface area contributed by atoms with Gasteiger partial charge in [0.05, 0.1) is 11.5 Å². The molecule has 2 aliphatic rings. The summed E-state index contributed by atoms with van der Waals surface area (Å²) in [5, 5.41) is 15.6. The summed E-state index contributed by atoms with van der Waals surface area (Å²) in [6.45, 7) is 0.957. The maximum Gasteiger partial charge on any atom is 0.326 e. The highest BCUT2D eigenvalue weighted by Crippen LogP contribution is 2.36. The van der Waals surface area contributed by atoms with E-state index < -0.39 is 17.4 Å². The van der Waals surface area contributed by atoms with E-state index in [1.807, 2.05) is 41.5 Å². The fourth-order valence-corrected chi connectivity index (χ4v) is 5.48. The van der Waals surface area contributed by atoms with Gasteiger partial charge in [0.2, 0.25) is 11.8 Å². The average Bonchev–Trinajstić information content (AvgIpc) is 3.31. The fraction of sp³-hybridized carbons (Fsp3) is 0.571. The lowest BCUT2D eigenvalue weighted by molar-refractivity contribution is -0.143. The SMILES string of the molecule is CSCC[C@H](NC(=O)C1(c2ccccc2)CCN(C(=O)[C@@H]2CSCN2)CC1)C(=O)O. The highest BCUT2D eigenvalue weighted by molar-refractivity contribution is 7.99. The Morgan fingerprint density at radius 2 is 2.00 bits per heavy atom. The second-order valence-electron chi connectivity index (χ2n) is 7.69.